The van der Waals surface area contributed by atoms with E-state index >= 15 is 0 Å². The van der Waals surface area contributed by atoms with Gasteiger partial charge in [-0.05, 0) is 13.0 Å². The molecule has 5 nitrogen and oxygen atoms in total. The molecule has 1 saturated heterocycles. The fraction of sp³-hybridized carbons (Fsp3) is 0.846. The average molecular weight is 284 g/mol. The summed E-state index contributed by atoms with van der Waals surface area (Å²) in [5.74, 6) is 1.34. The Hall–Kier alpha value is -0.720. The summed E-state index contributed by atoms with van der Waals surface area (Å²) in [6.07, 6.45) is 1.16. The van der Waals surface area contributed by atoms with Gasteiger partial charge in [-0.15, -0.1) is 0 Å². The molecule has 6 heteroatoms. The van der Waals surface area contributed by atoms with Crippen molar-refractivity contribution in [2.24, 2.45) is 0 Å². The van der Waals surface area contributed by atoms with Crippen LogP contribution in [0.15, 0.2) is 0 Å². The quantitative estimate of drug-likeness (QED) is 0.808. The van der Waals surface area contributed by atoms with Gasteiger partial charge in [0.15, 0.2) is 0 Å². The van der Waals surface area contributed by atoms with E-state index in [1.165, 1.54) is 11.5 Å². The first-order valence-electron chi connectivity index (χ1n) is 7.11. The minimum absolute atomic E-state index is 0.369. The van der Waals surface area contributed by atoms with Gasteiger partial charge in [0.2, 0.25) is 5.13 Å². The standard InChI is InChI=1S/C13H24N4OS/c1-4-5-14-8-11-9-18-7-6-17(11)13-15-12(10(2)3)16-19-13/h10-11,14H,4-9H2,1-3H3. The number of nitrogens with zero attached hydrogens (tertiary/aromatic N) is 3. The number of aromatic nitrogens is 2. The van der Waals surface area contributed by atoms with E-state index in [0.717, 1.165) is 50.2 Å². The molecule has 1 aromatic rings. The van der Waals surface area contributed by atoms with Crippen molar-refractivity contribution >= 4 is 16.7 Å². The fourth-order valence-electron chi connectivity index (χ4n) is 2.10. The Morgan fingerprint density at radius 2 is 2.37 bits per heavy atom. The van der Waals surface area contributed by atoms with Gasteiger partial charge >= 0.3 is 0 Å². The topological polar surface area (TPSA) is 50.3 Å². The van der Waals surface area contributed by atoms with Gasteiger partial charge in [-0.1, -0.05) is 20.8 Å². The molecule has 1 aliphatic heterocycles. The first-order chi connectivity index (χ1) is 9.22. The molecule has 1 N–H and O–H groups in total. The first-order valence-corrected chi connectivity index (χ1v) is 7.88. The molecule has 0 radical (unpaired) electrons. The van der Waals surface area contributed by atoms with E-state index in [0.29, 0.717) is 12.0 Å². The highest BCUT2D eigenvalue weighted by Crippen LogP contribution is 2.24. The Morgan fingerprint density at radius 1 is 1.53 bits per heavy atom. The Kier molecular flexibility index (Phi) is 5.54. The van der Waals surface area contributed by atoms with E-state index in [-0.39, 0.29) is 0 Å². The van der Waals surface area contributed by atoms with Crippen molar-refractivity contribution in [3.8, 4) is 0 Å². The minimum atomic E-state index is 0.369. The smallest absolute Gasteiger partial charge is 0.205 e. The van der Waals surface area contributed by atoms with Crippen molar-refractivity contribution in [2.45, 2.75) is 39.2 Å². The van der Waals surface area contributed by atoms with Gasteiger partial charge in [0.25, 0.3) is 0 Å². The summed E-state index contributed by atoms with van der Waals surface area (Å²) >= 11 is 1.51. The van der Waals surface area contributed by atoms with E-state index in [2.05, 4.69) is 40.3 Å². The predicted octanol–water partition coefficient (Wildman–Crippen LogP) is 1.87. The molecule has 0 aromatic carbocycles. The Morgan fingerprint density at radius 3 is 3.05 bits per heavy atom. The van der Waals surface area contributed by atoms with Crippen LogP contribution in [0.25, 0.3) is 0 Å². The molecule has 0 spiro atoms. The fourth-order valence-corrected chi connectivity index (χ4v) is 3.01. The zero-order valence-corrected chi connectivity index (χ0v) is 12.9. The maximum Gasteiger partial charge on any atom is 0.205 e. The number of anilines is 1. The molecule has 0 saturated carbocycles. The van der Waals surface area contributed by atoms with E-state index in [1.54, 1.807) is 0 Å². The monoisotopic (exact) mass is 284 g/mol. The number of hydrogen-bond acceptors (Lipinski definition) is 6. The van der Waals surface area contributed by atoms with Crippen LogP contribution >= 0.6 is 11.5 Å². The molecule has 1 aromatic heterocycles. The van der Waals surface area contributed by atoms with Crippen LogP contribution in [0.5, 0.6) is 0 Å². The lowest BCUT2D eigenvalue weighted by Crippen LogP contribution is -2.50. The van der Waals surface area contributed by atoms with Crippen molar-refractivity contribution in [2.75, 3.05) is 37.7 Å². The maximum absolute atomic E-state index is 5.59. The largest absolute Gasteiger partial charge is 0.377 e. The molecule has 108 valence electrons. The van der Waals surface area contributed by atoms with Crippen LogP contribution in [0.3, 0.4) is 0 Å². The normalized spacial score (nSPS) is 20.2. The molecule has 1 aliphatic rings. The van der Waals surface area contributed by atoms with Crippen molar-refractivity contribution in [3.63, 3.8) is 0 Å². The van der Waals surface area contributed by atoms with Crippen LogP contribution in [0.1, 0.15) is 38.9 Å². The lowest BCUT2D eigenvalue weighted by Gasteiger charge is -2.35. The van der Waals surface area contributed by atoms with Crippen molar-refractivity contribution in [3.05, 3.63) is 5.82 Å². The summed E-state index contributed by atoms with van der Waals surface area (Å²) in [7, 11) is 0. The predicted molar refractivity (Wildman–Crippen MR) is 79.1 cm³/mol. The first kappa shape index (κ1) is 14.7. The summed E-state index contributed by atoms with van der Waals surface area (Å²) in [4.78, 5) is 7.00. The molecule has 0 amide bonds. The van der Waals surface area contributed by atoms with Crippen molar-refractivity contribution in [1.82, 2.24) is 14.7 Å². The third kappa shape index (κ3) is 3.87. The molecule has 0 bridgehead atoms. The molecule has 2 heterocycles. The number of nitrogens with one attached hydrogen (secondary N) is 1. The number of hydrogen-bond donors (Lipinski definition) is 1. The summed E-state index contributed by atoms with van der Waals surface area (Å²) in [5.41, 5.74) is 0. The van der Waals surface area contributed by atoms with Gasteiger partial charge in [0.1, 0.15) is 5.82 Å². The van der Waals surface area contributed by atoms with E-state index in [9.17, 15) is 0 Å². The number of morpholine rings is 1. The molecular formula is C13H24N4OS. The SMILES string of the molecule is CCCNCC1COCCN1c1nc(C(C)C)ns1. The van der Waals surface area contributed by atoms with Crippen molar-refractivity contribution < 1.29 is 4.74 Å². The lowest BCUT2D eigenvalue weighted by atomic mass is 10.2. The third-order valence-electron chi connectivity index (χ3n) is 3.23. The van der Waals surface area contributed by atoms with Crippen LogP contribution in [0, 0.1) is 0 Å². The summed E-state index contributed by atoms with van der Waals surface area (Å²) in [6, 6.07) is 0.369. The second-order valence-electron chi connectivity index (χ2n) is 5.22. The Labute approximate surface area is 119 Å². The minimum Gasteiger partial charge on any atom is -0.377 e. The van der Waals surface area contributed by atoms with E-state index in [1.807, 2.05) is 0 Å². The molecule has 0 aliphatic carbocycles. The Bertz CT molecular complexity index is 382. The van der Waals surface area contributed by atoms with Gasteiger partial charge in [0.05, 0.1) is 19.3 Å². The molecule has 19 heavy (non-hydrogen) atoms. The third-order valence-corrected chi connectivity index (χ3v) is 3.99. The van der Waals surface area contributed by atoms with Crippen LogP contribution < -0.4 is 10.2 Å². The van der Waals surface area contributed by atoms with Crippen LogP contribution in [-0.4, -0.2) is 48.2 Å². The van der Waals surface area contributed by atoms with Gasteiger partial charge in [-0.3, -0.25) is 0 Å². The maximum atomic E-state index is 5.59. The second-order valence-corrected chi connectivity index (χ2v) is 5.95. The molecule has 1 unspecified atom stereocenters. The van der Waals surface area contributed by atoms with Crippen LogP contribution in [0.2, 0.25) is 0 Å². The molecule has 1 atom stereocenters. The molecular weight excluding hydrogens is 260 g/mol. The van der Waals surface area contributed by atoms with Gasteiger partial charge < -0.3 is 15.0 Å². The van der Waals surface area contributed by atoms with Crippen molar-refractivity contribution in [1.29, 1.82) is 0 Å². The number of rotatable bonds is 6. The van der Waals surface area contributed by atoms with Crippen LogP contribution in [-0.2, 0) is 4.74 Å². The summed E-state index contributed by atoms with van der Waals surface area (Å²) in [6.45, 7) is 10.9. The average Bonchev–Trinajstić information content (AvgIpc) is 2.89. The molecule has 2 rings (SSSR count). The van der Waals surface area contributed by atoms with Gasteiger partial charge in [-0.25, -0.2) is 4.98 Å². The van der Waals surface area contributed by atoms with Gasteiger partial charge in [-0.2, -0.15) is 4.37 Å². The Balaban J connectivity index is 2.01. The zero-order valence-electron chi connectivity index (χ0n) is 12.1. The van der Waals surface area contributed by atoms with E-state index < -0.39 is 0 Å². The van der Waals surface area contributed by atoms with Crippen LogP contribution in [0.4, 0.5) is 5.13 Å². The number of ether oxygens (including phenoxy) is 1. The highest BCUT2D eigenvalue weighted by atomic mass is 32.1. The van der Waals surface area contributed by atoms with E-state index in [4.69, 9.17) is 4.74 Å². The summed E-state index contributed by atoms with van der Waals surface area (Å²) < 4.78 is 10.0. The molecule has 1 fully saturated rings. The zero-order chi connectivity index (χ0) is 13.7. The highest BCUT2D eigenvalue weighted by Gasteiger charge is 2.25. The highest BCUT2D eigenvalue weighted by molar-refractivity contribution is 7.09. The second kappa shape index (κ2) is 7.17. The van der Waals surface area contributed by atoms with Gasteiger partial charge in [0, 0.05) is 30.5 Å². The summed E-state index contributed by atoms with van der Waals surface area (Å²) in [5, 5.41) is 4.51. The lowest BCUT2D eigenvalue weighted by molar-refractivity contribution is 0.0938.